The molecule has 0 saturated carbocycles. The summed E-state index contributed by atoms with van der Waals surface area (Å²) in [6.07, 6.45) is 0.325. The Labute approximate surface area is 106 Å². The van der Waals surface area contributed by atoms with Crippen LogP contribution in [-0.2, 0) is 9.53 Å². The van der Waals surface area contributed by atoms with Gasteiger partial charge in [0.15, 0.2) is 0 Å². The number of hydrogen-bond donors (Lipinski definition) is 2. The lowest BCUT2D eigenvalue weighted by Gasteiger charge is -2.07. The van der Waals surface area contributed by atoms with Crippen molar-refractivity contribution in [3.05, 3.63) is 29.8 Å². The minimum Gasteiger partial charge on any atom is -0.411 e. The Kier molecular flexibility index (Phi) is 5.87. The topological polar surface area (TPSA) is 70.9 Å². The maximum absolute atomic E-state index is 11.6. The van der Waals surface area contributed by atoms with E-state index < -0.39 is 0 Å². The summed E-state index contributed by atoms with van der Waals surface area (Å²) in [5.74, 6) is -0.0980. The van der Waals surface area contributed by atoms with Crippen LogP contribution < -0.4 is 5.32 Å². The highest BCUT2D eigenvalue weighted by Gasteiger charge is 2.04. The Balaban J connectivity index is 2.59. The van der Waals surface area contributed by atoms with Gasteiger partial charge in [-0.2, -0.15) is 0 Å². The fraction of sp³-hybridized carbons (Fsp3) is 0.385. The van der Waals surface area contributed by atoms with E-state index in [1.54, 1.807) is 25.1 Å². The summed E-state index contributed by atoms with van der Waals surface area (Å²) in [4.78, 5) is 11.6. The van der Waals surface area contributed by atoms with Gasteiger partial charge < -0.3 is 15.3 Å². The van der Waals surface area contributed by atoms with Gasteiger partial charge in [0.25, 0.3) is 0 Å². The maximum Gasteiger partial charge on any atom is 0.226 e. The zero-order valence-electron chi connectivity index (χ0n) is 10.6. The van der Waals surface area contributed by atoms with Crippen molar-refractivity contribution in [1.29, 1.82) is 0 Å². The summed E-state index contributed by atoms with van der Waals surface area (Å²) in [7, 11) is 0. The molecule has 1 aromatic rings. The van der Waals surface area contributed by atoms with E-state index in [1.807, 2.05) is 13.0 Å². The van der Waals surface area contributed by atoms with E-state index in [0.717, 1.165) is 5.56 Å². The Hall–Kier alpha value is -1.88. The van der Waals surface area contributed by atoms with Crippen molar-refractivity contribution < 1.29 is 14.7 Å². The monoisotopic (exact) mass is 250 g/mol. The van der Waals surface area contributed by atoms with Gasteiger partial charge >= 0.3 is 0 Å². The summed E-state index contributed by atoms with van der Waals surface area (Å²) in [5, 5.41) is 14.6. The van der Waals surface area contributed by atoms with Crippen LogP contribution in [0.1, 0.15) is 25.8 Å². The molecule has 5 nitrogen and oxygen atoms in total. The molecule has 2 N–H and O–H groups in total. The molecule has 0 heterocycles. The molecule has 0 radical (unpaired) electrons. The molecule has 5 heteroatoms. The highest BCUT2D eigenvalue weighted by molar-refractivity contribution is 6.00. The fourth-order valence-corrected chi connectivity index (χ4v) is 1.41. The summed E-state index contributed by atoms with van der Waals surface area (Å²) >= 11 is 0. The normalized spacial score (nSPS) is 11.3. The van der Waals surface area contributed by atoms with Crippen molar-refractivity contribution in [2.75, 3.05) is 18.5 Å². The molecule has 0 unspecified atom stereocenters. The van der Waals surface area contributed by atoms with Crippen molar-refractivity contribution in [3.8, 4) is 0 Å². The number of nitrogens with zero attached hydrogens (tertiary/aromatic N) is 1. The second-order valence-electron chi connectivity index (χ2n) is 3.76. The van der Waals surface area contributed by atoms with Crippen LogP contribution in [0.3, 0.4) is 0 Å². The number of carbonyl (C=O) groups excluding carboxylic acids is 1. The van der Waals surface area contributed by atoms with Crippen molar-refractivity contribution in [2.45, 2.75) is 20.3 Å². The second kappa shape index (κ2) is 7.45. The van der Waals surface area contributed by atoms with Crippen molar-refractivity contribution >= 4 is 17.3 Å². The number of nitrogens with one attached hydrogen (secondary N) is 1. The molecule has 1 rings (SSSR count). The van der Waals surface area contributed by atoms with Crippen LogP contribution in [0.15, 0.2) is 29.4 Å². The van der Waals surface area contributed by atoms with E-state index in [9.17, 15) is 4.79 Å². The molecule has 0 saturated heterocycles. The summed E-state index contributed by atoms with van der Waals surface area (Å²) < 4.78 is 5.11. The molecule has 1 aromatic carbocycles. The van der Waals surface area contributed by atoms with E-state index in [-0.39, 0.29) is 5.91 Å². The van der Waals surface area contributed by atoms with E-state index in [0.29, 0.717) is 31.0 Å². The predicted octanol–water partition coefficient (Wildman–Crippen LogP) is 2.25. The number of hydrogen-bond acceptors (Lipinski definition) is 4. The van der Waals surface area contributed by atoms with Crippen LogP contribution in [0.4, 0.5) is 5.69 Å². The zero-order chi connectivity index (χ0) is 13.4. The molecule has 0 fully saturated rings. The van der Waals surface area contributed by atoms with Crippen LogP contribution in [-0.4, -0.2) is 30.0 Å². The first-order valence-electron chi connectivity index (χ1n) is 5.84. The van der Waals surface area contributed by atoms with Crippen LogP contribution in [0.25, 0.3) is 0 Å². The van der Waals surface area contributed by atoms with Crippen LogP contribution in [0.2, 0.25) is 0 Å². The first-order valence-corrected chi connectivity index (χ1v) is 5.84. The molecule has 18 heavy (non-hydrogen) atoms. The van der Waals surface area contributed by atoms with Crippen LogP contribution >= 0.6 is 0 Å². The molecule has 0 spiro atoms. The Morgan fingerprint density at radius 1 is 1.50 bits per heavy atom. The van der Waals surface area contributed by atoms with E-state index in [2.05, 4.69) is 10.5 Å². The zero-order valence-corrected chi connectivity index (χ0v) is 10.6. The minimum absolute atomic E-state index is 0.0980. The van der Waals surface area contributed by atoms with Crippen LogP contribution in [0, 0.1) is 0 Å². The van der Waals surface area contributed by atoms with Gasteiger partial charge in [0.05, 0.1) is 18.7 Å². The number of anilines is 1. The van der Waals surface area contributed by atoms with E-state index in [4.69, 9.17) is 9.94 Å². The maximum atomic E-state index is 11.6. The van der Waals surface area contributed by atoms with Gasteiger partial charge in [0, 0.05) is 17.9 Å². The Morgan fingerprint density at radius 2 is 2.28 bits per heavy atom. The summed E-state index contributed by atoms with van der Waals surface area (Å²) in [6.45, 7) is 4.60. The molecule has 0 atom stereocenters. The number of carbonyl (C=O) groups is 1. The molecular weight excluding hydrogens is 232 g/mol. The molecule has 0 aromatic heterocycles. The third-order valence-corrected chi connectivity index (χ3v) is 2.39. The fourth-order valence-electron chi connectivity index (χ4n) is 1.41. The molecule has 1 amide bonds. The van der Waals surface area contributed by atoms with E-state index >= 15 is 0 Å². The summed E-state index contributed by atoms with van der Waals surface area (Å²) in [5.41, 5.74) is 1.94. The van der Waals surface area contributed by atoms with Gasteiger partial charge in [-0.3, -0.25) is 4.79 Å². The van der Waals surface area contributed by atoms with Crippen molar-refractivity contribution in [3.63, 3.8) is 0 Å². The van der Waals surface area contributed by atoms with Gasteiger partial charge in [-0.1, -0.05) is 17.3 Å². The number of benzene rings is 1. The predicted molar refractivity (Wildman–Crippen MR) is 70.2 cm³/mol. The second-order valence-corrected chi connectivity index (χ2v) is 3.76. The van der Waals surface area contributed by atoms with Gasteiger partial charge in [-0.05, 0) is 26.0 Å². The molecular formula is C13H18N2O3. The number of rotatable bonds is 6. The first kappa shape index (κ1) is 14.2. The lowest BCUT2D eigenvalue weighted by Crippen LogP contribution is -2.14. The lowest BCUT2D eigenvalue weighted by molar-refractivity contribution is -0.117. The van der Waals surface area contributed by atoms with Crippen molar-refractivity contribution in [1.82, 2.24) is 0 Å². The average molecular weight is 250 g/mol. The van der Waals surface area contributed by atoms with Gasteiger partial charge in [0.1, 0.15) is 0 Å². The smallest absolute Gasteiger partial charge is 0.226 e. The first-order chi connectivity index (χ1) is 8.67. The van der Waals surface area contributed by atoms with Gasteiger partial charge in [-0.25, -0.2) is 0 Å². The molecule has 0 aliphatic carbocycles. The average Bonchev–Trinajstić information content (AvgIpc) is 2.38. The van der Waals surface area contributed by atoms with Crippen LogP contribution in [0.5, 0.6) is 0 Å². The third-order valence-electron chi connectivity index (χ3n) is 2.39. The number of ether oxygens (including phenoxy) is 1. The molecule has 0 bridgehead atoms. The molecule has 98 valence electrons. The van der Waals surface area contributed by atoms with Gasteiger partial charge in [-0.15, -0.1) is 0 Å². The number of oxime groups is 1. The quantitative estimate of drug-likeness (QED) is 0.352. The van der Waals surface area contributed by atoms with Crippen molar-refractivity contribution in [2.24, 2.45) is 5.16 Å². The SMILES string of the molecule is CCOCCC(=O)Nc1cccc(C(C)=NO)c1. The lowest BCUT2D eigenvalue weighted by atomic mass is 10.1. The summed E-state index contributed by atoms with van der Waals surface area (Å²) in [6, 6.07) is 7.15. The largest absolute Gasteiger partial charge is 0.411 e. The highest BCUT2D eigenvalue weighted by Crippen LogP contribution is 2.11. The number of amides is 1. The van der Waals surface area contributed by atoms with E-state index in [1.165, 1.54) is 0 Å². The molecule has 0 aliphatic rings. The molecule has 0 aliphatic heterocycles. The highest BCUT2D eigenvalue weighted by atomic mass is 16.5. The van der Waals surface area contributed by atoms with Gasteiger partial charge in [0.2, 0.25) is 5.91 Å². The third kappa shape index (κ3) is 4.55. The minimum atomic E-state index is -0.0980. The standard InChI is InChI=1S/C13H18N2O3/c1-3-18-8-7-13(16)14-12-6-4-5-11(9-12)10(2)15-17/h4-6,9,17H,3,7-8H2,1-2H3,(H,14,16). The Bertz CT molecular complexity index is 430. The Morgan fingerprint density at radius 3 is 2.94 bits per heavy atom.